The Morgan fingerprint density at radius 2 is 1.09 bits per heavy atom. The summed E-state index contributed by atoms with van der Waals surface area (Å²) in [4.78, 5) is 0. The van der Waals surface area contributed by atoms with Gasteiger partial charge in [-0.25, -0.2) is 0 Å². The molecule has 0 fully saturated rings. The largest absolute Gasteiger partial charge is 0.455 e. The first-order valence-corrected chi connectivity index (χ1v) is 19.6. The number of furan rings is 1. The first-order valence-electron chi connectivity index (χ1n) is 18.8. The van der Waals surface area contributed by atoms with Crippen molar-refractivity contribution in [1.82, 2.24) is 0 Å². The molecule has 252 valence electrons. The third-order valence-electron chi connectivity index (χ3n) is 11.8. The summed E-state index contributed by atoms with van der Waals surface area (Å²) in [5, 5.41) is 12.5. The van der Waals surface area contributed by atoms with E-state index in [0.29, 0.717) is 11.8 Å². The second kappa shape index (κ2) is 11.5. The Bertz CT molecular complexity index is 3270. The molecule has 10 aromatic rings. The zero-order valence-corrected chi connectivity index (χ0v) is 30.1. The Kier molecular flexibility index (Phi) is 6.40. The summed E-state index contributed by atoms with van der Waals surface area (Å²) >= 11 is 1.85. The predicted octanol–water partition coefficient (Wildman–Crippen LogP) is 15.1. The Labute approximate surface area is 316 Å². The molecule has 2 heterocycles. The molecular weight excluding hydrogens is 673 g/mol. The van der Waals surface area contributed by atoms with Crippen LogP contribution in [0.2, 0.25) is 0 Å². The van der Waals surface area contributed by atoms with Crippen LogP contribution in [0, 0.1) is 11.8 Å². The van der Waals surface area contributed by atoms with E-state index in [0.717, 1.165) is 21.9 Å². The molecule has 0 amide bonds. The van der Waals surface area contributed by atoms with Crippen molar-refractivity contribution in [3.8, 4) is 22.3 Å². The highest BCUT2D eigenvalue weighted by atomic mass is 32.1. The fraction of sp³-hybridized carbons (Fsp3) is 0.0385. The summed E-state index contributed by atoms with van der Waals surface area (Å²) in [5.41, 5.74) is 9.50. The summed E-state index contributed by atoms with van der Waals surface area (Å²) in [6.45, 7) is 0. The normalized spacial score (nSPS) is 16.8. The van der Waals surface area contributed by atoms with E-state index in [1.54, 1.807) is 0 Å². The van der Waals surface area contributed by atoms with E-state index < -0.39 is 0 Å². The van der Waals surface area contributed by atoms with Crippen molar-refractivity contribution in [3.63, 3.8) is 0 Å². The van der Waals surface area contributed by atoms with E-state index in [1.807, 2.05) is 11.3 Å². The van der Waals surface area contributed by atoms with Gasteiger partial charge in [0.25, 0.3) is 0 Å². The molecule has 2 atom stereocenters. The molecule has 2 unspecified atom stereocenters. The fourth-order valence-corrected chi connectivity index (χ4v) is 10.4. The first kappa shape index (κ1) is 30.0. The van der Waals surface area contributed by atoms with Crippen LogP contribution in [0.15, 0.2) is 186 Å². The van der Waals surface area contributed by atoms with Gasteiger partial charge in [-0.2, -0.15) is 0 Å². The maximum atomic E-state index is 6.61. The van der Waals surface area contributed by atoms with Crippen LogP contribution in [0.3, 0.4) is 0 Å². The Morgan fingerprint density at radius 3 is 1.89 bits per heavy atom. The molecule has 0 radical (unpaired) electrons. The number of benzene rings is 8. The van der Waals surface area contributed by atoms with Gasteiger partial charge in [0.2, 0.25) is 0 Å². The van der Waals surface area contributed by atoms with Gasteiger partial charge < -0.3 is 4.42 Å². The maximum absolute atomic E-state index is 6.61. The molecule has 2 aromatic heterocycles. The molecule has 0 saturated heterocycles. The van der Waals surface area contributed by atoms with Crippen LogP contribution in [0.1, 0.15) is 5.56 Å². The van der Waals surface area contributed by atoms with Gasteiger partial charge in [0.15, 0.2) is 0 Å². The molecule has 0 spiro atoms. The van der Waals surface area contributed by atoms with Crippen molar-refractivity contribution >= 4 is 91.3 Å². The second-order valence-electron chi connectivity index (χ2n) is 14.7. The topological polar surface area (TPSA) is 13.1 Å². The van der Waals surface area contributed by atoms with Crippen molar-refractivity contribution in [2.75, 3.05) is 0 Å². The van der Waals surface area contributed by atoms with Gasteiger partial charge in [-0.15, -0.1) is 11.3 Å². The van der Waals surface area contributed by atoms with Crippen molar-refractivity contribution in [1.29, 1.82) is 0 Å². The molecule has 12 rings (SSSR count). The van der Waals surface area contributed by atoms with E-state index in [1.165, 1.54) is 85.9 Å². The van der Waals surface area contributed by atoms with Gasteiger partial charge in [-0.05, 0) is 96.7 Å². The van der Waals surface area contributed by atoms with E-state index >= 15 is 0 Å². The molecule has 2 aliphatic rings. The first-order chi connectivity index (χ1) is 26.8. The average Bonchev–Trinajstić information content (AvgIpc) is 3.80. The fourth-order valence-electron chi connectivity index (χ4n) is 9.31. The predicted molar refractivity (Wildman–Crippen MR) is 232 cm³/mol. The van der Waals surface area contributed by atoms with Crippen molar-refractivity contribution < 1.29 is 4.42 Å². The zero-order valence-electron chi connectivity index (χ0n) is 29.3. The lowest BCUT2D eigenvalue weighted by Gasteiger charge is -2.29. The monoisotopic (exact) mass is 704 g/mol. The Morgan fingerprint density at radius 1 is 0.426 bits per heavy atom. The number of hydrogen-bond donors (Lipinski definition) is 0. The van der Waals surface area contributed by atoms with Crippen LogP contribution in [0.25, 0.3) is 102 Å². The summed E-state index contributed by atoms with van der Waals surface area (Å²) in [7, 11) is 0. The molecule has 1 nitrogen and oxygen atoms in total. The van der Waals surface area contributed by atoms with E-state index in [-0.39, 0.29) is 0 Å². The number of rotatable bonds is 3. The summed E-state index contributed by atoms with van der Waals surface area (Å²) in [5.74, 6) is 0.717. The molecule has 0 bridgehead atoms. The molecule has 2 heteroatoms. The second-order valence-corrected chi connectivity index (χ2v) is 15.8. The lowest BCUT2D eigenvalue weighted by molar-refractivity contribution is 0.673. The van der Waals surface area contributed by atoms with Crippen LogP contribution in [0.4, 0.5) is 0 Å². The maximum Gasteiger partial charge on any atom is 0.143 e. The van der Waals surface area contributed by atoms with Crippen molar-refractivity contribution in [3.05, 3.63) is 188 Å². The molecule has 8 aromatic carbocycles. The minimum atomic E-state index is 0.331. The highest BCUT2D eigenvalue weighted by Crippen LogP contribution is 2.47. The molecule has 0 saturated carbocycles. The number of hydrogen-bond acceptors (Lipinski definition) is 2. The third-order valence-corrected chi connectivity index (χ3v) is 13.0. The number of allylic oxidation sites excluding steroid dienone is 8. The van der Waals surface area contributed by atoms with E-state index in [4.69, 9.17) is 4.42 Å². The van der Waals surface area contributed by atoms with Crippen LogP contribution in [-0.2, 0) is 0 Å². The minimum Gasteiger partial charge on any atom is -0.455 e. The molecule has 54 heavy (non-hydrogen) atoms. The smallest absolute Gasteiger partial charge is 0.143 e. The van der Waals surface area contributed by atoms with E-state index in [9.17, 15) is 0 Å². The van der Waals surface area contributed by atoms with Gasteiger partial charge >= 0.3 is 0 Å². The highest BCUT2D eigenvalue weighted by Gasteiger charge is 2.27. The Hall–Kier alpha value is -6.48. The summed E-state index contributed by atoms with van der Waals surface area (Å²) in [6, 6.07) is 51.6. The highest BCUT2D eigenvalue weighted by molar-refractivity contribution is 7.25. The standard InChI is InChI=1S/C52H32OS/c1-2-12-36-32(10-1)11-9-18-38(36)51-41-16-5-3-14-39(41)50(40-15-4-6-17-42(40)51)33-22-20-31(21-23-33)34-25-27-47-45(28-34)43-26-24-35-29-46-37-13-7-8-19-48(37)54-49(46)30-44(35)52(43)53-47/h1-30,32,36H. The van der Waals surface area contributed by atoms with Crippen molar-refractivity contribution in [2.24, 2.45) is 11.8 Å². The van der Waals surface area contributed by atoms with Gasteiger partial charge in [0, 0.05) is 48.2 Å². The number of fused-ring (bicyclic) bond motifs is 11. The van der Waals surface area contributed by atoms with Gasteiger partial charge in [0.1, 0.15) is 11.2 Å². The molecule has 2 aliphatic carbocycles. The quantitative estimate of drug-likeness (QED) is 0.167. The molecule has 0 N–H and O–H groups in total. The summed E-state index contributed by atoms with van der Waals surface area (Å²) in [6.07, 6.45) is 16.0. The summed E-state index contributed by atoms with van der Waals surface area (Å²) < 4.78 is 9.23. The van der Waals surface area contributed by atoms with Gasteiger partial charge in [-0.1, -0.05) is 146 Å². The van der Waals surface area contributed by atoms with E-state index in [2.05, 4.69) is 182 Å². The third kappa shape index (κ3) is 4.38. The Balaban J connectivity index is 0.974. The van der Waals surface area contributed by atoms with Gasteiger partial charge in [0.05, 0.1) is 0 Å². The molecule has 0 aliphatic heterocycles. The van der Waals surface area contributed by atoms with Crippen molar-refractivity contribution in [2.45, 2.75) is 0 Å². The zero-order chi connectivity index (χ0) is 35.3. The number of thiophene rings is 1. The van der Waals surface area contributed by atoms with Gasteiger partial charge in [-0.3, -0.25) is 0 Å². The lowest BCUT2D eigenvalue weighted by atomic mass is 9.74. The van der Waals surface area contributed by atoms with Crippen LogP contribution in [0.5, 0.6) is 0 Å². The lowest BCUT2D eigenvalue weighted by Crippen LogP contribution is -2.15. The van der Waals surface area contributed by atoms with Crippen LogP contribution >= 0.6 is 11.3 Å². The van der Waals surface area contributed by atoms with Crippen LogP contribution in [-0.4, -0.2) is 0 Å². The SMILES string of the molecule is C1=CC2C=CC=C(c3c4ccccc4c(-c4ccc(-c5ccc6oc7c8cc9sc%10ccccc%10c9cc8ccc7c6c5)cc4)c4ccccc34)C2C=C1. The average molecular weight is 705 g/mol. The minimum absolute atomic E-state index is 0.331. The van der Waals surface area contributed by atoms with Crippen LogP contribution < -0.4 is 0 Å². The molecular formula is C52H32OS.